The highest BCUT2D eigenvalue weighted by atomic mass is 16.5. The monoisotopic (exact) mass is 538 g/mol. The van der Waals surface area contributed by atoms with Crippen molar-refractivity contribution in [2.24, 2.45) is 0 Å². The van der Waals surface area contributed by atoms with Crippen LogP contribution in [0.4, 0.5) is 0 Å². The van der Waals surface area contributed by atoms with E-state index in [1.165, 1.54) is 116 Å². The van der Waals surface area contributed by atoms with Crippen molar-refractivity contribution >= 4 is 11.9 Å². The zero-order valence-corrected chi connectivity index (χ0v) is 25.8. The smallest absolute Gasteiger partial charge is 0.306 e. The molecule has 38 heavy (non-hydrogen) atoms. The van der Waals surface area contributed by atoms with E-state index in [0.717, 1.165) is 57.8 Å². The zero-order chi connectivity index (χ0) is 27.9. The standard InChI is InChI=1S/C34H66O4/c1-3-5-6-7-8-9-10-11-12-13-14-18-21-24-27-31-34(37)38-32(28-4-2)29-25-22-19-16-15-17-20-23-26-30-33(35)36/h32H,3-31H2,1-2H3,(H,35,36). The Bertz CT molecular complexity index is 505. The molecule has 0 rings (SSSR count). The van der Waals surface area contributed by atoms with Crippen molar-refractivity contribution in [1.29, 1.82) is 0 Å². The third-order valence-electron chi connectivity index (χ3n) is 7.81. The number of aliphatic carboxylic acids is 1. The molecule has 4 heteroatoms. The second kappa shape index (κ2) is 30.5. The molecule has 0 aliphatic carbocycles. The van der Waals surface area contributed by atoms with Gasteiger partial charge in [0.05, 0.1) is 0 Å². The highest BCUT2D eigenvalue weighted by Crippen LogP contribution is 2.17. The molecule has 226 valence electrons. The van der Waals surface area contributed by atoms with Crippen LogP contribution < -0.4 is 0 Å². The minimum absolute atomic E-state index is 0.0149. The molecule has 0 radical (unpaired) electrons. The van der Waals surface area contributed by atoms with Gasteiger partial charge in [0.1, 0.15) is 6.10 Å². The van der Waals surface area contributed by atoms with Crippen LogP contribution in [0.15, 0.2) is 0 Å². The normalized spacial score (nSPS) is 12.1. The zero-order valence-electron chi connectivity index (χ0n) is 25.8. The fourth-order valence-electron chi connectivity index (χ4n) is 5.36. The third kappa shape index (κ3) is 29.5. The van der Waals surface area contributed by atoms with Gasteiger partial charge in [-0.25, -0.2) is 0 Å². The molecule has 0 saturated heterocycles. The van der Waals surface area contributed by atoms with Gasteiger partial charge in [0.25, 0.3) is 0 Å². The van der Waals surface area contributed by atoms with Crippen molar-refractivity contribution in [1.82, 2.24) is 0 Å². The Morgan fingerprint density at radius 3 is 1.24 bits per heavy atom. The van der Waals surface area contributed by atoms with Crippen molar-refractivity contribution in [3.05, 3.63) is 0 Å². The molecule has 0 aromatic rings. The van der Waals surface area contributed by atoms with E-state index in [1.807, 2.05) is 0 Å². The molecule has 0 aromatic carbocycles. The first-order chi connectivity index (χ1) is 18.6. The summed E-state index contributed by atoms with van der Waals surface area (Å²) in [5.41, 5.74) is 0. The van der Waals surface area contributed by atoms with Gasteiger partial charge in [-0.3, -0.25) is 9.59 Å². The molecular weight excluding hydrogens is 472 g/mol. The maximum absolute atomic E-state index is 12.3. The maximum atomic E-state index is 12.3. The number of carbonyl (C=O) groups excluding carboxylic acids is 1. The van der Waals surface area contributed by atoms with Crippen LogP contribution in [-0.2, 0) is 14.3 Å². The first-order valence-corrected chi connectivity index (χ1v) is 17.0. The van der Waals surface area contributed by atoms with Gasteiger partial charge < -0.3 is 9.84 Å². The van der Waals surface area contributed by atoms with Crippen LogP contribution in [0.3, 0.4) is 0 Å². The summed E-state index contributed by atoms with van der Waals surface area (Å²) >= 11 is 0. The van der Waals surface area contributed by atoms with Crippen molar-refractivity contribution in [2.75, 3.05) is 0 Å². The molecule has 1 N–H and O–H groups in total. The first kappa shape index (κ1) is 36.9. The highest BCUT2D eigenvalue weighted by Gasteiger charge is 2.13. The van der Waals surface area contributed by atoms with Gasteiger partial charge in [-0.2, -0.15) is 0 Å². The lowest BCUT2D eigenvalue weighted by molar-refractivity contribution is -0.150. The molecule has 0 aromatic heterocycles. The van der Waals surface area contributed by atoms with Crippen LogP contribution in [0.25, 0.3) is 0 Å². The average molecular weight is 539 g/mol. The van der Waals surface area contributed by atoms with Crippen LogP contribution in [0.2, 0.25) is 0 Å². The molecule has 1 atom stereocenters. The molecule has 0 amide bonds. The number of ether oxygens (including phenoxy) is 1. The molecule has 0 fully saturated rings. The van der Waals surface area contributed by atoms with Gasteiger partial charge in [0.2, 0.25) is 0 Å². The number of hydrogen-bond donors (Lipinski definition) is 1. The van der Waals surface area contributed by atoms with Crippen LogP contribution in [-0.4, -0.2) is 23.1 Å². The Hall–Kier alpha value is -1.06. The van der Waals surface area contributed by atoms with E-state index in [9.17, 15) is 9.59 Å². The van der Waals surface area contributed by atoms with Crippen LogP contribution >= 0.6 is 0 Å². The van der Waals surface area contributed by atoms with E-state index in [2.05, 4.69) is 13.8 Å². The van der Waals surface area contributed by atoms with Crippen LogP contribution in [0.1, 0.15) is 200 Å². The van der Waals surface area contributed by atoms with Gasteiger partial charge in [0.15, 0.2) is 0 Å². The third-order valence-corrected chi connectivity index (χ3v) is 7.81. The number of carboxylic acid groups (broad SMARTS) is 1. The molecular formula is C34H66O4. The number of esters is 1. The molecule has 0 aliphatic heterocycles. The minimum atomic E-state index is -0.679. The average Bonchev–Trinajstić information content (AvgIpc) is 2.89. The Balaban J connectivity index is 3.52. The van der Waals surface area contributed by atoms with E-state index < -0.39 is 5.97 Å². The molecule has 4 nitrogen and oxygen atoms in total. The quantitative estimate of drug-likeness (QED) is 0.0704. The second-order valence-corrected chi connectivity index (χ2v) is 11.7. The number of rotatable bonds is 31. The first-order valence-electron chi connectivity index (χ1n) is 17.0. The van der Waals surface area contributed by atoms with Crippen molar-refractivity contribution in [3.8, 4) is 0 Å². The summed E-state index contributed by atoms with van der Waals surface area (Å²) in [5, 5.41) is 8.65. The van der Waals surface area contributed by atoms with Crippen LogP contribution in [0, 0.1) is 0 Å². The number of carboxylic acids is 1. The van der Waals surface area contributed by atoms with Gasteiger partial charge in [-0.1, -0.05) is 155 Å². The van der Waals surface area contributed by atoms with E-state index in [1.54, 1.807) is 0 Å². The number of unbranched alkanes of at least 4 members (excludes halogenated alkanes) is 22. The Morgan fingerprint density at radius 1 is 0.474 bits per heavy atom. The molecule has 0 bridgehead atoms. The largest absolute Gasteiger partial charge is 0.481 e. The van der Waals surface area contributed by atoms with Crippen molar-refractivity contribution in [2.45, 2.75) is 206 Å². The van der Waals surface area contributed by atoms with Gasteiger partial charge in [0, 0.05) is 12.8 Å². The molecule has 0 spiro atoms. The topological polar surface area (TPSA) is 63.6 Å². The summed E-state index contributed by atoms with van der Waals surface area (Å²) < 4.78 is 5.83. The number of carbonyl (C=O) groups is 2. The van der Waals surface area contributed by atoms with E-state index in [0.29, 0.717) is 12.8 Å². The predicted octanol–water partition coefficient (Wildman–Crippen LogP) is 11.3. The van der Waals surface area contributed by atoms with Gasteiger partial charge in [-0.15, -0.1) is 0 Å². The maximum Gasteiger partial charge on any atom is 0.306 e. The molecule has 0 aliphatic rings. The lowest BCUT2D eigenvalue weighted by atomic mass is 10.0. The molecule has 0 heterocycles. The Kier molecular flexibility index (Phi) is 29.6. The highest BCUT2D eigenvalue weighted by molar-refractivity contribution is 5.69. The SMILES string of the molecule is CCCCCCCCCCCCCCCCCC(=O)OC(CCC)CCCCCCCCCCCC(=O)O. The summed E-state index contributed by atoms with van der Waals surface area (Å²) in [4.78, 5) is 22.8. The van der Waals surface area contributed by atoms with E-state index in [4.69, 9.17) is 9.84 Å². The fraction of sp³-hybridized carbons (Fsp3) is 0.941. The summed E-state index contributed by atoms with van der Waals surface area (Å²) in [5.74, 6) is -0.664. The fourth-order valence-corrected chi connectivity index (χ4v) is 5.36. The minimum Gasteiger partial charge on any atom is -0.481 e. The van der Waals surface area contributed by atoms with E-state index >= 15 is 0 Å². The molecule has 0 saturated carbocycles. The van der Waals surface area contributed by atoms with Gasteiger partial charge >= 0.3 is 11.9 Å². The lowest BCUT2D eigenvalue weighted by Gasteiger charge is -2.17. The van der Waals surface area contributed by atoms with Gasteiger partial charge in [-0.05, 0) is 32.1 Å². The second-order valence-electron chi connectivity index (χ2n) is 11.7. The summed E-state index contributed by atoms with van der Waals surface area (Å²) in [6.07, 6.45) is 34.6. The lowest BCUT2D eigenvalue weighted by Crippen LogP contribution is -2.18. The van der Waals surface area contributed by atoms with Crippen molar-refractivity contribution in [3.63, 3.8) is 0 Å². The summed E-state index contributed by atoms with van der Waals surface area (Å²) in [7, 11) is 0. The summed E-state index contributed by atoms with van der Waals surface area (Å²) in [6.45, 7) is 4.45. The Labute approximate surface area is 237 Å². The predicted molar refractivity (Wildman–Crippen MR) is 163 cm³/mol. The van der Waals surface area contributed by atoms with Crippen molar-refractivity contribution < 1.29 is 19.4 Å². The van der Waals surface area contributed by atoms with E-state index in [-0.39, 0.29) is 12.1 Å². The van der Waals surface area contributed by atoms with Crippen LogP contribution in [0.5, 0.6) is 0 Å². The summed E-state index contributed by atoms with van der Waals surface area (Å²) in [6, 6.07) is 0. The number of hydrogen-bond acceptors (Lipinski definition) is 3. The molecule has 1 unspecified atom stereocenters. The Morgan fingerprint density at radius 2 is 0.842 bits per heavy atom.